The SMILES string of the molecule is CCc1ccc(C(=O)NCCOCC(F)(F)F)cc1. The van der Waals surface area contributed by atoms with Crippen LogP contribution >= 0.6 is 0 Å². The van der Waals surface area contributed by atoms with Crippen molar-refractivity contribution in [3.05, 3.63) is 35.4 Å². The number of benzene rings is 1. The standard InChI is InChI=1S/C13H16F3NO2/c1-2-10-3-5-11(6-4-10)12(18)17-7-8-19-9-13(14,15)16/h3-6H,2,7-9H2,1H3,(H,17,18). The zero-order chi connectivity index (χ0) is 14.3. The molecule has 0 heterocycles. The summed E-state index contributed by atoms with van der Waals surface area (Å²) in [6, 6.07) is 7.06. The fraction of sp³-hybridized carbons (Fsp3) is 0.462. The van der Waals surface area contributed by atoms with Gasteiger partial charge in [0, 0.05) is 12.1 Å². The first-order valence-electron chi connectivity index (χ1n) is 5.94. The third-order valence-electron chi connectivity index (χ3n) is 2.42. The molecule has 1 aromatic carbocycles. The van der Waals surface area contributed by atoms with Gasteiger partial charge in [-0.15, -0.1) is 0 Å². The zero-order valence-electron chi connectivity index (χ0n) is 10.6. The third kappa shape index (κ3) is 6.24. The number of rotatable bonds is 6. The van der Waals surface area contributed by atoms with E-state index in [1.807, 2.05) is 19.1 Å². The van der Waals surface area contributed by atoms with Crippen molar-refractivity contribution in [2.45, 2.75) is 19.5 Å². The molecular formula is C13H16F3NO2. The fourth-order valence-corrected chi connectivity index (χ4v) is 1.42. The zero-order valence-corrected chi connectivity index (χ0v) is 10.6. The van der Waals surface area contributed by atoms with Crippen molar-refractivity contribution in [3.8, 4) is 0 Å². The number of hydrogen-bond donors (Lipinski definition) is 1. The van der Waals surface area contributed by atoms with E-state index in [-0.39, 0.29) is 19.1 Å². The van der Waals surface area contributed by atoms with E-state index >= 15 is 0 Å². The van der Waals surface area contributed by atoms with Crippen molar-refractivity contribution in [1.29, 1.82) is 0 Å². The predicted molar refractivity (Wildman–Crippen MR) is 65.0 cm³/mol. The highest BCUT2D eigenvalue weighted by Gasteiger charge is 2.27. The second-order valence-corrected chi connectivity index (χ2v) is 3.97. The van der Waals surface area contributed by atoms with Gasteiger partial charge in [0.2, 0.25) is 0 Å². The van der Waals surface area contributed by atoms with Crippen molar-refractivity contribution in [1.82, 2.24) is 5.32 Å². The summed E-state index contributed by atoms with van der Waals surface area (Å²) in [5, 5.41) is 2.49. The monoisotopic (exact) mass is 275 g/mol. The molecule has 1 amide bonds. The van der Waals surface area contributed by atoms with Gasteiger partial charge in [0.1, 0.15) is 6.61 Å². The Morgan fingerprint density at radius 2 is 1.89 bits per heavy atom. The summed E-state index contributed by atoms with van der Waals surface area (Å²) in [7, 11) is 0. The molecule has 1 N–H and O–H groups in total. The van der Waals surface area contributed by atoms with E-state index < -0.39 is 12.8 Å². The minimum atomic E-state index is -4.33. The molecular weight excluding hydrogens is 259 g/mol. The lowest BCUT2D eigenvalue weighted by Crippen LogP contribution is -2.28. The highest BCUT2D eigenvalue weighted by molar-refractivity contribution is 5.94. The maximum Gasteiger partial charge on any atom is 0.411 e. The Morgan fingerprint density at radius 3 is 2.42 bits per heavy atom. The lowest BCUT2D eigenvalue weighted by atomic mass is 10.1. The quantitative estimate of drug-likeness (QED) is 0.810. The van der Waals surface area contributed by atoms with Crippen LogP contribution in [0, 0.1) is 0 Å². The van der Waals surface area contributed by atoms with Gasteiger partial charge in [0.25, 0.3) is 5.91 Å². The van der Waals surface area contributed by atoms with E-state index in [0.29, 0.717) is 5.56 Å². The number of ether oxygens (including phenoxy) is 1. The van der Waals surface area contributed by atoms with Gasteiger partial charge in [-0.05, 0) is 24.1 Å². The molecule has 3 nitrogen and oxygen atoms in total. The van der Waals surface area contributed by atoms with Gasteiger partial charge in [0.05, 0.1) is 6.61 Å². The molecule has 0 aliphatic heterocycles. The summed E-state index contributed by atoms with van der Waals surface area (Å²) >= 11 is 0. The Kier molecular flexibility index (Phi) is 5.82. The maximum atomic E-state index is 11.8. The Hall–Kier alpha value is -1.56. The Morgan fingerprint density at radius 1 is 1.26 bits per heavy atom. The van der Waals surface area contributed by atoms with E-state index in [1.165, 1.54) is 0 Å². The Balaban J connectivity index is 2.27. The van der Waals surface area contributed by atoms with Gasteiger partial charge in [-0.25, -0.2) is 0 Å². The van der Waals surface area contributed by atoms with Gasteiger partial charge in [-0.1, -0.05) is 19.1 Å². The molecule has 0 unspecified atom stereocenters. The summed E-state index contributed by atoms with van der Waals surface area (Å²) in [6.45, 7) is 0.587. The van der Waals surface area contributed by atoms with Gasteiger partial charge in [-0.3, -0.25) is 4.79 Å². The van der Waals surface area contributed by atoms with Crippen LogP contribution in [0.5, 0.6) is 0 Å². The molecule has 0 radical (unpaired) electrons. The molecule has 0 spiro atoms. The molecule has 106 valence electrons. The predicted octanol–water partition coefficient (Wildman–Crippen LogP) is 2.56. The van der Waals surface area contributed by atoms with Crippen LogP contribution < -0.4 is 5.32 Å². The molecule has 0 bridgehead atoms. The van der Waals surface area contributed by atoms with Crippen LogP contribution in [0.25, 0.3) is 0 Å². The topological polar surface area (TPSA) is 38.3 Å². The summed E-state index contributed by atoms with van der Waals surface area (Å²) in [5.74, 6) is -0.321. The molecule has 1 rings (SSSR count). The Bertz CT molecular complexity index is 401. The highest BCUT2D eigenvalue weighted by Crippen LogP contribution is 2.13. The molecule has 0 atom stereocenters. The minimum Gasteiger partial charge on any atom is -0.370 e. The van der Waals surface area contributed by atoms with E-state index in [1.54, 1.807) is 12.1 Å². The van der Waals surface area contributed by atoms with E-state index in [9.17, 15) is 18.0 Å². The summed E-state index contributed by atoms with van der Waals surface area (Å²) in [6.07, 6.45) is -3.45. The number of nitrogens with one attached hydrogen (secondary N) is 1. The van der Waals surface area contributed by atoms with Crippen molar-refractivity contribution < 1.29 is 22.7 Å². The average Bonchev–Trinajstić information content (AvgIpc) is 2.37. The molecule has 0 aliphatic rings. The number of alkyl halides is 3. The molecule has 1 aromatic rings. The van der Waals surface area contributed by atoms with Crippen LogP contribution in [0.3, 0.4) is 0 Å². The van der Waals surface area contributed by atoms with Crippen LogP contribution in [0.4, 0.5) is 13.2 Å². The summed E-state index contributed by atoms with van der Waals surface area (Å²) in [5.41, 5.74) is 1.60. The second kappa shape index (κ2) is 7.13. The van der Waals surface area contributed by atoms with Crippen LogP contribution in [-0.4, -0.2) is 31.8 Å². The van der Waals surface area contributed by atoms with Crippen LogP contribution in [0.1, 0.15) is 22.8 Å². The van der Waals surface area contributed by atoms with Crippen molar-refractivity contribution in [3.63, 3.8) is 0 Å². The third-order valence-corrected chi connectivity index (χ3v) is 2.42. The number of aryl methyl sites for hydroxylation is 1. The molecule has 0 saturated carbocycles. The van der Waals surface area contributed by atoms with Gasteiger partial charge in [-0.2, -0.15) is 13.2 Å². The Labute approximate surface area is 109 Å². The van der Waals surface area contributed by atoms with E-state index in [0.717, 1.165) is 12.0 Å². The first-order chi connectivity index (χ1) is 8.92. The van der Waals surface area contributed by atoms with Crippen LogP contribution in [0.15, 0.2) is 24.3 Å². The normalized spacial score (nSPS) is 11.4. The van der Waals surface area contributed by atoms with Crippen LogP contribution in [0.2, 0.25) is 0 Å². The minimum absolute atomic E-state index is 0.0461. The maximum absolute atomic E-state index is 11.8. The lowest BCUT2D eigenvalue weighted by Gasteiger charge is -2.08. The summed E-state index contributed by atoms with van der Waals surface area (Å²) < 4.78 is 39.7. The van der Waals surface area contributed by atoms with Gasteiger partial charge < -0.3 is 10.1 Å². The number of hydrogen-bond acceptors (Lipinski definition) is 2. The van der Waals surface area contributed by atoms with Crippen molar-refractivity contribution >= 4 is 5.91 Å². The van der Waals surface area contributed by atoms with E-state index in [4.69, 9.17) is 0 Å². The first-order valence-corrected chi connectivity index (χ1v) is 5.94. The largest absolute Gasteiger partial charge is 0.411 e. The first kappa shape index (κ1) is 15.5. The smallest absolute Gasteiger partial charge is 0.370 e. The lowest BCUT2D eigenvalue weighted by molar-refractivity contribution is -0.173. The molecule has 0 saturated heterocycles. The van der Waals surface area contributed by atoms with Crippen molar-refractivity contribution in [2.75, 3.05) is 19.8 Å². The summed E-state index contributed by atoms with van der Waals surface area (Å²) in [4.78, 5) is 11.6. The molecule has 0 aromatic heterocycles. The molecule has 19 heavy (non-hydrogen) atoms. The van der Waals surface area contributed by atoms with Gasteiger partial charge in [0.15, 0.2) is 0 Å². The fourth-order valence-electron chi connectivity index (χ4n) is 1.42. The molecule has 0 fully saturated rings. The molecule has 0 aliphatic carbocycles. The molecule has 6 heteroatoms. The van der Waals surface area contributed by atoms with E-state index in [2.05, 4.69) is 10.1 Å². The number of carbonyl (C=O) groups excluding carboxylic acids is 1. The number of carbonyl (C=O) groups is 1. The van der Waals surface area contributed by atoms with Crippen LogP contribution in [-0.2, 0) is 11.2 Å². The van der Waals surface area contributed by atoms with Crippen molar-refractivity contribution in [2.24, 2.45) is 0 Å². The number of halogens is 3. The van der Waals surface area contributed by atoms with Gasteiger partial charge >= 0.3 is 6.18 Å². The number of amides is 1. The highest BCUT2D eigenvalue weighted by atomic mass is 19.4. The second-order valence-electron chi connectivity index (χ2n) is 3.97. The average molecular weight is 275 g/mol.